The third-order valence-electron chi connectivity index (χ3n) is 3.54. The Kier molecular flexibility index (Phi) is 5.07. The van der Waals surface area contributed by atoms with E-state index < -0.39 is 6.04 Å². The number of aliphatic hydroxyl groups excluding tert-OH is 1. The van der Waals surface area contributed by atoms with Crippen LogP contribution in [0.1, 0.15) is 16.2 Å². The zero-order valence-corrected chi connectivity index (χ0v) is 14.3. The van der Waals surface area contributed by atoms with Gasteiger partial charge in [-0.15, -0.1) is 17.8 Å². The number of pyridine rings is 1. The number of nitrogens with two attached hydrogens (primary N) is 1. The number of furan rings is 1. The number of halogens is 1. The largest absolute Gasteiger partial charge is 0.456 e. The molecule has 0 saturated carbocycles. The normalized spacial score (nSPS) is 12.2. The Bertz CT molecular complexity index is 884. The molecule has 124 valence electrons. The number of hydrogen-bond donors (Lipinski definition) is 3. The van der Waals surface area contributed by atoms with Crippen LogP contribution >= 0.6 is 22.9 Å². The van der Waals surface area contributed by atoms with E-state index in [1.807, 2.05) is 17.5 Å². The summed E-state index contributed by atoms with van der Waals surface area (Å²) in [6.07, 6.45) is 5.94. The topological polar surface area (TPSA) is 84.3 Å². The molecule has 0 radical (unpaired) electrons. The second-order valence-electron chi connectivity index (χ2n) is 5.29. The maximum absolute atomic E-state index is 9.16. The molecule has 3 heterocycles. The van der Waals surface area contributed by atoms with Crippen molar-refractivity contribution < 1.29 is 9.52 Å². The standard InChI is InChI=1S/C17H16ClN3O2S/c1-2-12-14(6-10(19)9-22)23-17-13(7-15(18)21-16(12)17)20-8-11-4-3-5-24-11/h1,3-5,7,10,22H,6,8-9,19H2,(H,20,21)/t10-/m1/s1. The molecule has 3 rings (SSSR count). The van der Waals surface area contributed by atoms with Crippen LogP contribution in [0, 0.1) is 12.3 Å². The van der Waals surface area contributed by atoms with E-state index in [-0.39, 0.29) is 6.61 Å². The number of rotatable bonds is 6. The van der Waals surface area contributed by atoms with E-state index in [4.69, 9.17) is 33.3 Å². The lowest BCUT2D eigenvalue weighted by Gasteiger charge is -2.06. The Morgan fingerprint density at radius 3 is 3.04 bits per heavy atom. The summed E-state index contributed by atoms with van der Waals surface area (Å²) in [5.41, 5.74) is 8.12. The third-order valence-corrected chi connectivity index (χ3v) is 4.61. The van der Waals surface area contributed by atoms with Gasteiger partial charge < -0.3 is 20.6 Å². The lowest BCUT2D eigenvalue weighted by molar-refractivity contribution is 0.261. The summed E-state index contributed by atoms with van der Waals surface area (Å²) in [7, 11) is 0. The highest BCUT2D eigenvalue weighted by molar-refractivity contribution is 7.09. The zero-order chi connectivity index (χ0) is 17.1. The minimum Gasteiger partial charge on any atom is -0.456 e. The Morgan fingerprint density at radius 1 is 1.54 bits per heavy atom. The van der Waals surface area contributed by atoms with Crippen molar-refractivity contribution in [2.45, 2.75) is 19.0 Å². The molecule has 4 N–H and O–H groups in total. The van der Waals surface area contributed by atoms with E-state index in [9.17, 15) is 0 Å². The van der Waals surface area contributed by atoms with Crippen LogP contribution in [0.2, 0.25) is 5.15 Å². The first kappa shape index (κ1) is 16.8. The van der Waals surface area contributed by atoms with Crippen molar-refractivity contribution in [3.63, 3.8) is 0 Å². The number of fused-ring (bicyclic) bond motifs is 1. The smallest absolute Gasteiger partial charge is 0.177 e. The fourth-order valence-corrected chi connectivity index (χ4v) is 3.24. The number of anilines is 1. The molecular weight excluding hydrogens is 346 g/mol. The molecular formula is C17H16ClN3O2S. The van der Waals surface area contributed by atoms with Gasteiger partial charge in [0, 0.05) is 30.0 Å². The van der Waals surface area contributed by atoms with E-state index in [0.717, 1.165) is 5.69 Å². The van der Waals surface area contributed by atoms with Gasteiger partial charge in [-0.05, 0) is 11.4 Å². The third kappa shape index (κ3) is 3.40. The van der Waals surface area contributed by atoms with Crippen LogP contribution in [0.4, 0.5) is 5.69 Å². The average molecular weight is 362 g/mol. The number of thiophene rings is 1. The lowest BCUT2D eigenvalue weighted by Crippen LogP contribution is -2.26. The van der Waals surface area contributed by atoms with Crippen LogP contribution in [-0.2, 0) is 13.0 Å². The molecule has 0 fully saturated rings. The SMILES string of the molecule is C#Cc1c(C[C@@H](N)CO)oc2c(NCc3cccs3)cc(Cl)nc12. The fraction of sp³-hybridized carbons (Fsp3) is 0.235. The quantitative estimate of drug-likeness (QED) is 0.464. The van der Waals surface area contributed by atoms with Gasteiger partial charge in [0.1, 0.15) is 16.4 Å². The highest BCUT2D eigenvalue weighted by Crippen LogP contribution is 2.32. The molecule has 0 aromatic carbocycles. The van der Waals surface area contributed by atoms with Crippen molar-refractivity contribution in [2.75, 3.05) is 11.9 Å². The molecule has 1 atom stereocenters. The predicted octanol–water partition coefficient (Wildman–Crippen LogP) is 3.00. The highest BCUT2D eigenvalue weighted by atomic mass is 35.5. The van der Waals surface area contributed by atoms with Gasteiger partial charge in [-0.3, -0.25) is 0 Å². The van der Waals surface area contributed by atoms with Gasteiger partial charge in [0.05, 0.1) is 17.9 Å². The lowest BCUT2D eigenvalue weighted by atomic mass is 10.1. The van der Waals surface area contributed by atoms with Crippen molar-refractivity contribution >= 4 is 39.7 Å². The molecule has 0 saturated heterocycles. The first-order valence-electron chi connectivity index (χ1n) is 7.33. The van der Waals surface area contributed by atoms with Crippen molar-refractivity contribution in [3.8, 4) is 12.3 Å². The van der Waals surface area contributed by atoms with Crippen LogP contribution in [-0.4, -0.2) is 22.7 Å². The second-order valence-corrected chi connectivity index (χ2v) is 6.71. The number of hydrogen-bond acceptors (Lipinski definition) is 6. The van der Waals surface area contributed by atoms with E-state index in [0.29, 0.717) is 40.5 Å². The Morgan fingerprint density at radius 2 is 2.38 bits per heavy atom. The van der Waals surface area contributed by atoms with Gasteiger partial charge in [-0.1, -0.05) is 23.6 Å². The maximum atomic E-state index is 9.16. The second kappa shape index (κ2) is 7.24. The molecule has 0 aliphatic carbocycles. The molecule has 0 bridgehead atoms. The summed E-state index contributed by atoms with van der Waals surface area (Å²) in [6, 6.07) is 5.29. The molecule has 7 heteroatoms. The van der Waals surface area contributed by atoms with Crippen LogP contribution in [0.25, 0.3) is 11.1 Å². The summed E-state index contributed by atoms with van der Waals surface area (Å²) in [5, 5.41) is 14.8. The van der Waals surface area contributed by atoms with Gasteiger partial charge in [-0.2, -0.15) is 0 Å². The first-order valence-corrected chi connectivity index (χ1v) is 8.59. The van der Waals surface area contributed by atoms with Crippen molar-refractivity contribution in [2.24, 2.45) is 5.73 Å². The zero-order valence-electron chi connectivity index (χ0n) is 12.8. The van der Waals surface area contributed by atoms with Crippen LogP contribution in [0.3, 0.4) is 0 Å². The van der Waals surface area contributed by atoms with Gasteiger partial charge in [-0.25, -0.2) is 4.98 Å². The highest BCUT2D eigenvalue weighted by Gasteiger charge is 2.19. The number of terminal acetylenes is 1. The minimum atomic E-state index is -0.448. The molecule has 3 aromatic rings. The predicted molar refractivity (Wildman–Crippen MR) is 97.4 cm³/mol. The molecule has 3 aromatic heterocycles. The molecule has 5 nitrogen and oxygen atoms in total. The summed E-state index contributed by atoms with van der Waals surface area (Å²) in [6.45, 7) is 0.489. The van der Waals surface area contributed by atoms with Crippen molar-refractivity contribution in [1.29, 1.82) is 0 Å². The van der Waals surface area contributed by atoms with E-state index in [2.05, 4.69) is 16.2 Å². The van der Waals surface area contributed by atoms with Gasteiger partial charge in [0.15, 0.2) is 5.58 Å². The van der Waals surface area contributed by atoms with E-state index in [1.165, 1.54) is 4.88 Å². The Balaban J connectivity index is 2.01. The van der Waals surface area contributed by atoms with Crippen LogP contribution in [0.5, 0.6) is 0 Å². The summed E-state index contributed by atoms with van der Waals surface area (Å²) in [4.78, 5) is 5.48. The fourth-order valence-electron chi connectivity index (χ4n) is 2.40. The average Bonchev–Trinajstić information content (AvgIpc) is 3.19. The number of aliphatic hydroxyl groups is 1. The Labute approximate surface area is 148 Å². The first-order chi connectivity index (χ1) is 11.6. The Hall–Kier alpha value is -2.04. The van der Waals surface area contributed by atoms with E-state index in [1.54, 1.807) is 17.4 Å². The monoisotopic (exact) mass is 361 g/mol. The summed E-state index contributed by atoms with van der Waals surface area (Å²) >= 11 is 7.79. The molecule has 0 aliphatic rings. The molecule has 0 spiro atoms. The summed E-state index contributed by atoms with van der Waals surface area (Å²) < 4.78 is 5.90. The van der Waals surface area contributed by atoms with Crippen LogP contribution < -0.4 is 11.1 Å². The van der Waals surface area contributed by atoms with Crippen LogP contribution in [0.15, 0.2) is 28.0 Å². The molecule has 0 aliphatic heterocycles. The van der Waals surface area contributed by atoms with Gasteiger partial charge in [0.2, 0.25) is 0 Å². The molecule has 0 unspecified atom stereocenters. The summed E-state index contributed by atoms with van der Waals surface area (Å²) in [5.74, 6) is 3.12. The van der Waals surface area contributed by atoms with Crippen molar-refractivity contribution in [1.82, 2.24) is 4.98 Å². The molecule has 0 amide bonds. The maximum Gasteiger partial charge on any atom is 0.177 e. The van der Waals surface area contributed by atoms with Gasteiger partial charge >= 0.3 is 0 Å². The minimum absolute atomic E-state index is 0.154. The van der Waals surface area contributed by atoms with E-state index >= 15 is 0 Å². The van der Waals surface area contributed by atoms with Crippen molar-refractivity contribution in [3.05, 3.63) is 44.9 Å². The number of nitrogens with zero attached hydrogens (tertiary/aromatic N) is 1. The van der Waals surface area contributed by atoms with Gasteiger partial charge in [0.25, 0.3) is 0 Å². The number of aromatic nitrogens is 1. The molecule has 24 heavy (non-hydrogen) atoms. The number of nitrogens with one attached hydrogen (secondary N) is 1.